The molecule has 0 atom stereocenters. The van der Waals surface area contributed by atoms with Crippen molar-refractivity contribution in [2.24, 2.45) is 24.8 Å². The lowest BCUT2D eigenvalue weighted by molar-refractivity contribution is 0.767. The Bertz CT molecular complexity index is 906. The highest BCUT2D eigenvalue weighted by atomic mass is 16.1. The molecule has 0 fully saturated rings. The fraction of sp³-hybridized carbons (Fsp3) is 0.154. The van der Waals surface area contributed by atoms with Crippen LogP contribution in [-0.2, 0) is 14.1 Å². The fourth-order valence-electron chi connectivity index (χ4n) is 1.95. The number of hydrogen-bond acceptors (Lipinski definition) is 5. The summed E-state index contributed by atoms with van der Waals surface area (Å²) in [6.07, 6.45) is 4.97. The minimum atomic E-state index is -0.409. The van der Waals surface area contributed by atoms with Gasteiger partial charge in [-0.2, -0.15) is 10.1 Å². The first-order chi connectivity index (χ1) is 10.1. The predicted molar refractivity (Wildman–Crippen MR) is 78.4 cm³/mol. The monoisotopic (exact) mass is 283 g/mol. The van der Waals surface area contributed by atoms with E-state index in [2.05, 4.69) is 20.1 Å². The molecule has 0 spiro atoms. The van der Waals surface area contributed by atoms with E-state index in [-0.39, 0.29) is 5.84 Å². The largest absolute Gasteiger partial charge is 0.383 e. The number of aliphatic imine (C=N–C) groups is 1. The van der Waals surface area contributed by atoms with Crippen LogP contribution < -0.4 is 11.4 Å². The first-order valence-corrected chi connectivity index (χ1v) is 6.21. The predicted octanol–water partition coefficient (Wildman–Crippen LogP) is 0.0990. The summed E-state index contributed by atoms with van der Waals surface area (Å²) in [5, 5.41) is 4.04. The van der Waals surface area contributed by atoms with Crippen molar-refractivity contribution < 1.29 is 0 Å². The number of aromatic nitrogens is 5. The number of pyridine rings is 1. The molecule has 8 nitrogen and oxygen atoms in total. The van der Waals surface area contributed by atoms with Gasteiger partial charge in [-0.3, -0.25) is 14.2 Å². The van der Waals surface area contributed by atoms with Crippen LogP contribution in [0.1, 0.15) is 5.56 Å². The molecule has 0 unspecified atom stereocenters. The topological polar surface area (TPSA) is 104 Å². The Hall–Kier alpha value is -3.03. The van der Waals surface area contributed by atoms with Crippen LogP contribution in [0, 0.1) is 0 Å². The van der Waals surface area contributed by atoms with E-state index in [1.54, 1.807) is 49.5 Å². The SMILES string of the molecule is Cn1cc(/C(N)=N/c2c3ncccc3nc(=O)n2C)cn1. The van der Waals surface area contributed by atoms with E-state index in [1.165, 1.54) is 4.57 Å². The quantitative estimate of drug-likeness (QED) is 0.530. The van der Waals surface area contributed by atoms with Crippen molar-refractivity contribution in [1.29, 1.82) is 0 Å². The zero-order valence-corrected chi connectivity index (χ0v) is 11.6. The van der Waals surface area contributed by atoms with Crippen molar-refractivity contribution in [3.8, 4) is 0 Å². The molecule has 0 radical (unpaired) electrons. The van der Waals surface area contributed by atoms with Crippen molar-refractivity contribution in [1.82, 2.24) is 24.3 Å². The van der Waals surface area contributed by atoms with E-state index in [0.29, 0.717) is 22.4 Å². The molecule has 106 valence electrons. The molecule has 0 bridgehead atoms. The Morgan fingerprint density at radius 1 is 1.38 bits per heavy atom. The average Bonchev–Trinajstić information content (AvgIpc) is 2.90. The number of nitrogens with zero attached hydrogens (tertiary/aromatic N) is 6. The molecule has 2 N–H and O–H groups in total. The van der Waals surface area contributed by atoms with Gasteiger partial charge in [-0.1, -0.05) is 0 Å². The van der Waals surface area contributed by atoms with E-state index in [9.17, 15) is 4.79 Å². The number of amidine groups is 1. The fourth-order valence-corrected chi connectivity index (χ4v) is 1.95. The van der Waals surface area contributed by atoms with Crippen LogP contribution in [0.4, 0.5) is 5.82 Å². The second-order valence-electron chi connectivity index (χ2n) is 4.55. The van der Waals surface area contributed by atoms with Crippen molar-refractivity contribution in [2.45, 2.75) is 0 Å². The normalized spacial score (nSPS) is 12.0. The third-order valence-corrected chi connectivity index (χ3v) is 3.05. The lowest BCUT2D eigenvalue weighted by Gasteiger charge is -2.06. The van der Waals surface area contributed by atoms with Crippen molar-refractivity contribution in [3.63, 3.8) is 0 Å². The van der Waals surface area contributed by atoms with E-state index in [0.717, 1.165) is 0 Å². The Morgan fingerprint density at radius 3 is 2.90 bits per heavy atom. The van der Waals surface area contributed by atoms with Gasteiger partial charge in [0.1, 0.15) is 11.4 Å². The van der Waals surface area contributed by atoms with Crippen LogP contribution in [0.3, 0.4) is 0 Å². The summed E-state index contributed by atoms with van der Waals surface area (Å²) < 4.78 is 2.94. The molecule has 3 heterocycles. The Balaban J connectivity index is 2.24. The molecular weight excluding hydrogens is 270 g/mol. The molecule has 8 heteroatoms. The highest BCUT2D eigenvalue weighted by molar-refractivity contribution is 6.00. The maximum Gasteiger partial charge on any atom is 0.349 e. The maximum atomic E-state index is 11.9. The van der Waals surface area contributed by atoms with Crippen LogP contribution >= 0.6 is 0 Å². The van der Waals surface area contributed by atoms with Crippen molar-refractivity contribution in [2.75, 3.05) is 0 Å². The lowest BCUT2D eigenvalue weighted by atomic mass is 10.3. The van der Waals surface area contributed by atoms with E-state index in [4.69, 9.17) is 5.73 Å². The molecule has 21 heavy (non-hydrogen) atoms. The zero-order chi connectivity index (χ0) is 15.0. The molecule has 0 aromatic carbocycles. The average molecular weight is 283 g/mol. The Labute approximate surface area is 119 Å². The number of hydrogen-bond donors (Lipinski definition) is 1. The van der Waals surface area contributed by atoms with Crippen LogP contribution in [0.2, 0.25) is 0 Å². The number of nitrogens with two attached hydrogens (primary N) is 1. The third kappa shape index (κ3) is 2.27. The maximum absolute atomic E-state index is 11.9. The zero-order valence-electron chi connectivity index (χ0n) is 11.6. The molecule has 0 amide bonds. The summed E-state index contributed by atoms with van der Waals surface area (Å²) in [6, 6.07) is 3.43. The van der Waals surface area contributed by atoms with Crippen LogP contribution in [0.15, 0.2) is 40.5 Å². The third-order valence-electron chi connectivity index (χ3n) is 3.05. The second-order valence-corrected chi connectivity index (χ2v) is 4.55. The summed E-state index contributed by atoms with van der Waals surface area (Å²) in [5.74, 6) is 0.628. The van der Waals surface area contributed by atoms with Gasteiger partial charge in [0.05, 0.1) is 17.3 Å². The smallest absolute Gasteiger partial charge is 0.349 e. The first kappa shape index (κ1) is 13.0. The Kier molecular flexibility index (Phi) is 2.98. The number of rotatable bonds is 2. The van der Waals surface area contributed by atoms with E-state index >= 15 is 0 Å². The van der Waals surface area contributed by atoms with Gasteiger partial charge in [-0.05, 0) is 12.1 Å². The van der Waals surface area contributed by atoms with Crippen LogP contribution in [0.25, 0.3) is 11.0 Å². The number of aryl methyl sites for hydroxylation is 1. The van der Waals surface area contributed by atoms with Gasteiger partial charge in [0.25, 0.3) is 0 Å². The van der Waals surface area contributed by atoms with Gasteiger partial charge in [-0.25, -0.2) is 9.79 Å². The summed E-state index contributed by atoms with van der Waals surface area (Å²) in [5.41, 5.74) is 7.25. The molecule has 3 aromatic heterocycles. The number of fused-ring (bicyclic) bond motifs is 1. The molecule has 0 aliphatic rings. The summed E-state index contributed by atoms with van der Waals surface area (Å²) >= 11 is 0. The van der Waals surface area contributed by atoms with Crippen molar-refractivity contribution >= 4 is 22.7 Å². The molecule has 0 aliphatic carbocycles. The second kappa shape index (κ2) is 4.82. The minimum absolute atomic E-state index is 0.260. The molecule has 3 aromatic rings. The van der Waals surface area contributed by atoms with Gasteiger partial charge in [0.2, 0.25) is 0 Å². The molecular formula is C13H13N7O. The van der Waals surface area contributed by atoms with E-state index < -0.39 is 5.69 Å². The Morgan fingerprint density at radius 2 is 2.19 bits per heavy atom. The molecule has 3 rings (SSSR count). The minimum Gasteiger partial charge on any atom is -0.383 e. The molecule has 0 saturated heterocycles. The van der Waals surface area contributed by atoms with Crippen LogP contribution in [-0.4, -0.2) is 30.2 Å². The van der Waals surface area contributed by atoms with Gasteiger partial charge in [0, 0.05) is 26.5 Å². The summed E-state index contributed by atoms with van der Waals surface area (Å²) in [7, 11) is 3.37. The van der Waals surface area contributed by atoms with Gasteiger partial charge in [0.15, 0.2) is 5.82 Å². The standard InChI is InChI=1S/C13H13N7O/c1-19-7-8(6-16-19)11(14)18-12-10-9(4-3-5-15-10)17-13(21)20(12)2/h3-7H,1-2H3,(H2,14,18). The summed E-state index contributed by atoms with van der Waals surface area (Å²) in [4.78, 5) is 24.4. The highest BCUT2D eigenvalue weighted by Gasteiger charge is 2.10. The van der Waals surface area contributed by atoms with Gasteiger partial charge < -0.3 is 5.73 Å². The van der Waals surface area contributed by atoms with Crippen LogP contribution in [0.5, 0.6) is 0 Å². The van der Waals surface area contributed by atoms with Gasteiger partial charge >= 0.3 is 5.69 Å². The van der Waals surface area contributed by atoms with Gasteiger partial charge in [-0.15, -0.1) is 0 Å². The lowest BCUT2D eigenvalue weighted by Crippen LogP contribution is -2.21. The first-order valence-electron chi connectivity index (χ1n) is 6.21. The molecule has 0 aliphatic heterocycles. The highest BCUT2D eigenvalue weighted by Crippen LogP contribution is 2.20. The van der Waals surface area contributed by atoms with Crippen molar-refractivity contribution in [3.05, 3.63) is 46.8 Å². The molecule has 0 saturated carbocycles. The van der Waals surface area contributed by atoms with E-state index in [1.807, 2.05) is 0 Å². The summed E-state index contributed by atoms with van der Waals surface area (Å²) in [6.45, 7) is 0.